The third-order valence-corrected chi connectivity index (χ3v) is 4.19. The van der Waals surface area contributed by atoms with E-state index in [0.717, 1.165) is 42.6 Å². The molecule has 0 radical (unpaired) electrons. The topological polar surface area (TPSA) is 50.2 Å². The quantitative estimate of drug-likeness (QED) is 0.869. The highest BCUT2D eigenvalue weighted by Crippen LogP contribution is 2.43. The second-order valence-corrected chi connectivity index (χ2v) is 5.98. The van der Waals surface area contributed by atoms with E-state index in [1.54, 1.807) is 0 Å². The fourth-order valence-electron chi connectivity index (χ4n) is 3.16. The van der Waals surface area contributed by atoms with Gasteiger partial charge in [0.1, 0.15) is 0 Å². The Kier molecular flexibility index (Phi) is 2.65. The maximum absolute atomic E-state index is 11.4. The normalized spacial score (nSPS) is 26.8. The van der Waals surface area contributed by atoms with E-state index in [1.165, 1.54) is 0 Å². The number of carbonyl (C=O) groups is 1. The first kappa shape index (κ1) is 11.7. The maximum Gasteiger partial charge on any atom is 0.337 e. The Morgan fingerprint density at radius 3 is 2.72 bits per heavy atom. The van der Waals surface area contributed by atoms with E-state index in [9.17, 15) is 9.90 Å². The molecule has 0 bridgehead atoms. The van der Waals surface area contributed by atoms with Gasteiger partial charge in [-0.1, -0.05) is 13.8 Å². The zero-order valence-corrected chi connectivity index (χ0v) is 10.9. The molecular weight excluding hydrogens is 226 g/mol. The van der Waals surface area contributed by atoms with Crippen LogP contribution in [0.15, 0.2) is 6.07 Å². The molecule has 3 rings (SSSR count). The molecule has 2 atom stereocenters. The lowest BCUT2D eigenvalue weighted by Gasteiger charge is -2.27. The van der Waals surface area contributed by atoms with Crippen molar-refractivity contribution in [3.05, 3.63) is 28.6 Å². The smallest absolute Gasteiger partial charge is 0.337 e. The molecule has 1 aromatic rings. The van der Waals surface area contributed by atoms with Gasteiger partial charge in [-0.05, 0) is 49.1 Å². The average molecular weight is 245 g/mol. The average Bonchev–Trinajstić information content (AvgIpc) is 3.10. The van der Waals surface area contributed by atoms with Crippen molar-refractivity contribution in [2.45, 2.75) is 51.4 Å². The van der Waals surface area contributed by atoms with Crippen LogP contribution < -0.4 is 0 Å². The maximum atomic E-state index is 11.4. The van der Waals surface area contributed by atoms with Gasteiger partial charge in [0.2, 0.25) is 0 Å². The molecule has 0 aromatic carbocycles. The van der Waals surface area contributed by atoms with E-state index in [1.807, 2.05) is 6.07 Å². The van der Waals surface area contributed by atoms with Crippen molar-refractivity contribution in [3.63, 3.8) is 0 Å². The number of fused-ring (bicyclic) bond motifs is 1. The van der Waals surface area contributed by atoms with E-state index in [4.69, 9.17) is 4.98 Å². The van der Waals surface area contributed by atoms with Gasteiger partial charge in [0, 0.05) is 11.6 Å². The Hall–Kier alpha value is -1.38. The molecule has 96 valence electrons. The lowest BCUT2D eigenvalue weighted by molar-refractivity contribution is 0.0694. The largest absolute Gasteiger partial charge is 0.478 e. The number of aromatic carboxylic acids is 1. The molecular formula is C15H19NO2. The van der Waals surface area contributed by atoms with Crippen LogP contribution >= 0.6 is 0 Å². The number of nitrogens with zero attached hydrogens (tertiary/aromatic N) is 1. The van der Waals surface area contributed by atoms with E-state index < -0.39 is 5.97 Å². The van der Waals surface area contributed by atoms with Crippen LogP contribution in [0.5, 0.6) is 0 Å². The summed E-state index contributed by atoms with van der Waals surface area (Å²) in [4.78, 5) is 16.1. The lowest BCUT2D eigenvalue weighted by atomic mass is 9.80. The number of carboxylic acids is 1. The molecule has 2 unspecified atom stereocenters. The van der Waals surface area contributed by atoms with Gasteiger partial charge in [0.25, 0.3) is 0 Å². The summed E-state index contributed by atoms with van der Waals surface area (Å²) in [7, 11) is 0. The molecule has 3 nitrogen and oxygen atoms in total. The zero-order valence-electron chi connectivity index (χ0n) is 10.9. The number of hydrogen-bond donors (Lipinski definition) is 1. The number of rotatable bonds is 2. The summed E-state index contributed by atoms with van der Waals surface area (Å²) in [5.74, 6) is 0.664. The van der Waals surface area contributed by atoms with Crippen LogP contribution in [0.4, 0.5) is 0 Å². The van der Waals surface area contributed by atoms with Gasteiger partial charge in [-0.15, -0.1) is 0 Å². The van der Waals surface area contributed by atoms with Crippen LogP contribution in [-0.2, 0) is 6.42 Å². The van der Waals surface area contributed by atoms with Crippen LogP contribution in [0.1, 0.15) is 72.3 Å². The Morgan fingerprint density at radius 1 is 1.39 bits per heavy atom. The molecule has 1 fully saturated rings. The highest BCUT2D eigenvalue weighted by atomic mass is 16.4. The molecule has 1 saturated carbocycles. The first-order valence-electron chi connectivity index (χ1n) is 6.83. The Bertz CT molecular complexity index is 505. The van der Waals surface area contributed by atoms with Crippen molar-refractivity contribution in [1.82, 2.24) is 4.98 Å². The second kappa shape index (κ2) is 4.08. The monoisotopic (exact) mass is 245 g/mol. The summed E-state index contributed by atoms with van der Waals surface area (Å²) in [6, 6.07) is 1.90. The van der Waals surface area contributed by atoms with Crippen molar-refractivity contribution in [2.24, 2.45) is 5.92 Å². The minimum atomic E-state index is -0.821. The molecule has 0 spiro atoms. The van der Waals surface area contributed by atoms with Crippen LogP contribution in [-0.4, -0.2) is 16.1 Å². The summed E-state index contributed by atoms with van der Waals surface area (Å²) < 4.78 is 0. The molecule has 1 N–H and O–H groups in total. The van der Waals surface area contributed by atoms with Crippen LogP contribution in [0.3, 0.4) is 0 Å². The lowest BCUT2D eigenvalue weighted by Crippen LogP contribution is -2.19. The first-order valence-corrected chi connectivity index (χ1v) is 6.83. The Morgan fingerprint density at radius 2 is 2.11 bits per heavy atom. The van der Waals surface area contributed by atoms with E-state index in [0.29, 0.717) is 23.3 Å². The van der Waals surface area contributed by atoms with Crippen LogP contribution in [0.25, 0.3) is 0 Å². The molecule has 0 saturated heterocycles. The van der Waals surface area contributed by atoms with Gasteiger partial charge in [-0.2, -0.15) is 0 Å². The molecule has 1 aromatic heterocycles. The van der Waals surface area contributed by atoms with Gasteiger partial charge in [0.15, 0.2) is 0 Å². The molecule has 0 amide bonds. The van der Waals surface area contributed by atoms with Crippen molar-refractivity contribution in [3.8, 4) is 0 Å². The summed E-state index contributed by atoms with van der Waals surface area (Å²) in [5.41, 5.74) is 3.59. The van der Waals surface area contributed by atoms with E-state index >= 15 is 0 Å². The predicted octanol–water partition coefficient (Wildman–Crippen LogP) is 3.34. The number of carboxylic acid groups (broad SMARTS) is 1. The van der Waals surface area contributed by atoms with Gasteiger partial charge in [-0.25, -0.2) is 4.79 Å². The highest BCUT2D eigenvalue weighted by Gasteiger charge is 2.33. The van der Waals surface area contributed by atoms with Gasteiger partial charge in [-0.3, -0.25) is 4.98 Å². The number of hydrogen-bond acceptors (Lipinski definition) is 2. The third kappa shape index (κ3) is 1.92. The van der Waals surface area contributed by atoms with Crippen molar-refractivity contribution >= 4 is 5.97 Å². The molecule has 1 heterocycles. The molecule has 18 heavy (non-hydrogen) atoms. The van der Waals surface area contributed by atoms with Crippen LogP contribution in [0.2, 0.25) is 0 Å². The predicted molar refractivity (Wildman–Crippen MR) is 69.1 cm³/mol. The van der Waals surface area contributed by atoms with E-state index in [-0.39, 0.29) is 0 Å². The van der Waals surface area contributed by atoms with Gasteiger partial charge >= 0.3 is 5.97 Å². The fraction of sp³-hybridized carbons (Fsp3) is 0.600. The van der Waals surface area contributed by atoms with Gasteiger partial charge < -0.3 is 5.11 Å². The molecule has 0 aliphatic heterocycles. The molecule has 3 heteroatoms. The third-order valence-electron chi connectivity index (χ3n) is 4.19. The van der Waals surface area contributed by atoms with Crippen LogP contribution in [0, 0.1) is 5.92 Å². The first-order chi connectivity index (χ1) is 8.56. The Balaban J connectivity index is 2.11. The van der Waals surface area contributed by atoms with Crippen molar-refractivity contribution in [2.75, 3.05) is 0 Å². The minimum absolute atomic E-state index is 0.397. The fourth-order valence-corrected chi connectivity index (χ4v) is 3.16. The van der Waals surface area contributed by atoms with E-state index in [2.05, 4.69) is 13.8 Å². The molecule has 2 aliphatic rings. The van der Waals surface area contributed by atoms with Crippen molar-refractivity contribution in [1.29, 1.82) is 0 Å². The van der Waals surface area contributed by atoms with Crippen molar-refractivity contribution < 1.29 is 9.90 Å². The standard InChI is InChI=1S/C15H19NO2/c1-8-5-9(2)11-7-12(15(17)18)14(10-3-4-10)16-13(11)6-8/h7-10H,3-6H2,1-2H3,(H,17,18). The summed E-state index contributed by atoms with van der Waals surface area (Å²) in [6.45, 7) is 4.43. The Labute approximate surface area is 107 Å². The second-order valence-electron chi connectivity index (χ2n) is 5.98. The summed E-state index contributed by atoms with van der Waals surface area (Å²) >= 11 is 0. The zero-order chi connectivity index (χ0) is 12.9. The van der Waals surface area contributed by atoms with Gasteiger partial charge in [0.05, 0.1) is 11.3 Å². The minimum Gasteiger partial charge on any atom is -0.478 e. The number of pyridine rings is 1. The number of aromatic nitrogens is 1. The highest BCUT2D eigenvalue weighted by molar-refractivity contribution is 5.89. The summed E-state index contributed by atoms with van der Waals surface area (Å²) in [6.07, 6.45) is 4.32. The molecule has 2 aliphatic carbocycles. The summed E-state index contributed by atoms with van der Waals surface area (Å²) in [5, 5.41) is 9.34. The SMILES string of the molecule is CC1Cc2nc(C3CC3)c(C(=O)O)cc2C(C)C1.